The number of nitrogens with zero attached hydrogens (tertiary/aromatic N) is 1. The largest absolute Gasteiger partial charge is 0.493 e. The van der Waals surface area contributed by atoms with Gasteiger partial charge in [0.05, 0.1) is 20.8 Å². The van der Waals surface area contributed by atoms with Crippen LogP contribution in [-0.2, 0) is 6.54 Å². The molecule has 0 spiro atoms. The van der Waals surface area contributed by atoms with Crippen LogP contribution >= 0.6 is 0 Å². The van der Waals surface area contributed by atoms with Gasteiger partial charge in [-0.05, 0) is 36.0 Å². The van der Waals surface area contributed by atoms with E-state index in [-0.39, 0.29) is 0 Å². The highest BCUT2D eigenvalue weighted by Crippen LogP contribution is 2.27. The van der Waals surface area contributed by atoms with Gasteiger partial charge in [0.15, 0.2) is 17.5 Å². The lowest BCUT2D eigenvalue weighted by molar-refractivity contribution is 0.354. The first-order chi connectivity index (χ1) is 10.4. The summed E-state index contributed by atoms with van der Waals surface area (Å²) in [6.07, 6.45) is 2.24. The van der Waals surface area contributed by atoms with Crippen LogP contribution in [0.4, 0.5) is 0 Å². The van der Waals surface area contributed by atoms with E-state index in [9.17, 15) is 0 Å². The maximum Gasteiger partial charge on any atom is 0.188 e. The van der Waals surface area contributed by atoms with Crippen LogP contribution in [0.3, 0.4) is 0 Å². The highest BCUT2D eigenvalue weighted by Gasteiger charge is 2.09. The number of benzene rings is 1. The molecule has 0 radical (unpaired) electrons. The van der Waals surface area contributed by atoms with Gasteiger partial charge in [-0.15, -0.1) is 0 Å². The summed E-state index contributed by atoms with van der Waals surface area (Å²) >= 11 is 0. The van der Waals surface area contributed by atoms with Crippen molar-refractivity contribution in [2.24, 2.45) is 16.1 Å². The van der Waals surface area contributed by atoms with E-state index in [4.69, 9.17) is 15.2 Å². The molecular formula is C17H29N3O2. The van der Waals surface area contributed by atoms with E-state index in [0.29, 0.717) is 29.4 Å². The first kappa shape index (κ1) is 18.1. The van der Waals surface area contributed by atoms with Gasteiger partial charge in [0.25, 0.3) is 0 Å². The lowest BCUT2D eigenvalue weighted by Crippen LogP contribution is -2.32. The summed E-state index contributed by atoms with van der Waals surface area (Å²) in [7, 11) is 3.24. The van der Waals surface area contributed by atoms with Gasteiger partial charge < -0.3 is 20.5 Å². The second kappa shape index (κ2) is 8.51. The monoisotopic (exact) mass is 307 g/mol. The van der Waals surface area contributed by atoms with Gasteiger partial charge >= 0.3 is 0 Å². The average molecular weight is 307 g/mol. The Labute approximate surface area is 133 Å². The molecule has 3 N–H and O–H groups in total. The summed E-state index contributed by atoms with van der Waals surface area (Å²) in [6.45, 7) is 8.07. The standard InChI is InChI=1S/C17H29N3O2/c1-17(2,3)9-6-10-19-16(18)20-12-13-7-8-14(21-4)15(11-13)22-5/h7-8,11H,6,9-10,12H2,1-5H3,(H3,18,19,20). The van der Waals surface area contributed by atoms with Crippen LogP contribution in [0.15, 0.2) is 23.2 Å². The molecular weight excluding hydrogens is 278 g/mol. The molecule has 0 aliphatic rings. The van der Waals surface area contributed by atoms with Crippen LogP contribution in [0.2, 0.25) is 0 Å². The number of rotatable bonds is 7. The number of methoxy groups -OCH3 is 2. The molecule has 1 aromatic rings. The van der Waals surface area contributed by atoms with Crippen LogP contribution in [0.25, 0.3) is 0 Å². The summed E-state index contributed by atoms with van der Waals surface area (Å²) in [6, 6.07) is 5.74. The Morgan fingerprint density at radius 2 is 1.86 bits per heavy atom. The number of aliphatic imine (C=N–C) groups is 1. The van der Waals surface area contributed by atoms with Crippen molar-refractivity contribution in [1.29, 1.82) is 0 Å². The van der Waals surface area contributed by atoms with E-state index in [1.54, 1.807) is 14.2 Å². The van der Waals surface area contributed by atoms with Crippen molar-refractivity contribution in [1.82, 2.24) is 5.32 Å². The number of hydrogen-bond donors (Lipinski definition) is 2. The molecule has 0 aliphatic carbocycles. The normalized spacial score (nSPS) is 12.1. The molecule has 5 nitrogen and oxygen atoms in total. The molecule has 0 aliphatic heterocycles. The molecule has 0 bridgehead atoms. The third kappa shape index (κ3) is 6.70. The zero-order chi connectivity index (χ0) is 16.6. The van der Waals surface area contributed by atoms with Crippen molar-refractivity contribution in [3.8, 4) is 11.5 Å². The number of guanidine groups is 1. The van der Waals surface area contributed by atoms with E-state index >= 15 is 0 Å². The van der Waals surface area contributed by atoms with Crippen molar-refractivity contribution in [3.05, 3.63) is 23.8 Å². The van der Waals surface area contributed by atoms with Crippen LogP contribution in [0.5, 0.6) is 11.5 Å². The molecule has 0 atom stereocenters. The third-order valence-electron chi connectivity index (χ3n) is 3.29. The van der Waals surface area contributed by atoms with E-state index in [1.165, 1.54) is 0 Å². The molecule has 22 heavy (non-hydrogen) atoms. The van der Waals surface area contributed by atoms with Crippen LogP contribution in [0, 0.1) is 5.41 Å². The molecule has 0 heterocycles. The summed E-state index contributed by atoms with van der Waals surface area (Å²) in [5.41, 5.74) is 7.26. The molecule has 0 saturated heterocycles. The molecule has 0 fully saturated rings. The quantitative estimate of drug-likeness (QED) is 0.462. The lowest BCUT2D eigenvalue weighted by atomic mass is 9.91. The van der Waals surface area contributed by atoms with Crippen molar-refractivity contribution < 1.29 is 9.47 Å². The Kier molecular flexibility index (Phi) is 7.02. The topological polar surface area (TPSA) is 68.9 Å². The maximum atomic E-state index is 5.88. The second-order valence-corrected chi connectivity index (χ2v) is 6.48. The fourth-order valence-corrected chi connectivity index (χ4v) is 2.05. The summed E-state index contributed by atoms with van der Waals surface area (Å²) in [4.78, 5) is 4.35. The van der Waals surface area contributed by atoms with Crippen molar-refractivity contribution >= 4 is 5.96 Å². The molecule has 1 aromatic carbocycles. The van der Waals surface area contributed by atoms with Crippen molar-refractivity contribution in [2.75, 3.05) is 20.8 Å². The molecule has 0 amide bonds. The molecule has 0 saturated carbocycles. The zero-order valence-corrected chi connectivity index (χ0v) is 14.4. The Hall–Kier alpha value is -1.91. The van der Waals surface area contributed by atoms with Crippen LogP contribution in [-0.4, -0.2) is 26.7 Å². The predicted octanol–water partition coefficient (Wildman–Crippen LogP) is 2.93. The molecule has 0 unspecified atom stereocenters. The molecule has 124 valence electrons. The fraction of sp³-hybridized carbons (Fsp3) is 0.588. The number of ether oxygens (including phenoxy) is 2. The third-order valence-corrected chi connectivity index (χ3v) is 3.29. The zero-order valence-electron chi connectivity index (χ0n) is 14.4. The van der Waals surface area contributed by atoms with Crippen LogP contribution < -0.4 is 20.5 Å². The highest BCUT2D eigenvalue weighted by atomic mass is 16.5. The Morgan fingerprint density at radius 3 is 2.45 bits per heavy atom. The van der Waals surface area contributed by atoms with E-state index in [1.807, 2.05) is 18.2 Å². The lowest BCUT2D eigenvalue weighted by Gasteiger charge is -2.17. The number of nitrogens with one attached hydrogen (secondary N) is 1. The SMILES string of the molecule is COc1ccc(CN=C(N)NCCCC(C)(C)C)cc1OC. The van der Waals surface area contributed by atoms with Gasteiger partial charge in [-0.2, -0.15) is 0 Å². The minimum Gasteiger partial charge on any atom is -0.493 e. The summed E-state index contributed by atoms with van der Waals surface area (Å²) in [5.74, 6) is 1.89. The first-order valence-electron chi connectivity index (χ1n) is 7.60. The second-order valence-electron chi connectivity index (χ2n) is 6.48. The minimum absolute atomic E-state index is 0.354. The number of hydrogen-bond acceptors (Lipinski definition) is 3. The van der Waals surface area contributed by atoms with Gasteiger partial charge in [0, 0.05) is 6.54 Å². The molecule has 0 aromatic heterocycles. The van der Waals surface area contributed by atoms with Gasteiger partial charge in [-0.1, -0.05) is 26.8 Å². The van der Waals surface area contributed by atoms with Crippen molar-refractivity contribution in [3.63, 3.8) is 0 Å². The smallest absolute Gasteiger partial charge is 0.188 e. The van der Waals surface area contributed by atoms with Gasteiger partial charge in [0.2, 0.25) is 0 Å². The predicted molar refractivity (Wildman–Crippen MR) is 91.6 cm³/mol. The van der Waals surface area contributed by atoms with Gasteiger partial charge in [-0.25, -0.2) is 4.99 Å². The Balaban J connectivity index is 2.46. The van der Waals surface area contributed by atoms with Gasteiger partial charge in [0.1, 0.15) is 0 Å². The first-order valence-corrected chi connectivity index (χ1v) is 7.60. The number of nitrogens with two attached hydrogens (primary N) is 1. The summed E-state index contributed by atoms with van der Waals surface area (Å²) in [5, 5.41) is 3.15. The minimum atomic E-state index is 0.354. The van der Waals surface area contributed by atoms with E-state index in [2.05, 4.69) is 31.1 Å². The molecule has 5 heteroatoms. The van der Waals surface area contributed by atoms with E-state index < -0.39 is 0 Å². The maximum absolute atomic E-state index is 5.88. The van der Waals surface area contributed by atoms with Crippen LogP contribution in [0.1, 0.15) is 39.2 Å². The average Bonchev–Trinajstić information content (AvgIpc) is 2.48. The Morgan fingerprint density at radius 1 is 1.18 bits per heavy atom. The molecule has 1 rings (SSSR count). The highest BCUT2D eigenvalue weighted by molar-refractivity contribution is 5.77. The van der Waals surface area contributed by atoms with Gasteiger partial charge in [-0.3, -0.25) is 0 Å². The Bertz CT molecular complexity index is 493. The van der Waals surface area contributed by atoms with E-state index in [0.717, 1.165) is 24.9 Å². The van der Waals surface area contributed by atoms with Crippen molar-refractivity contribution in [2.45, 2.75) is 40.2 Å². The summed E-state index contributed by atoms with van der Waals surface area (Å²) < 4.78 is 10.5. The fourth-order valence-electron chi connectivity index (χ4n) is 2.05.